The molecular weight excluding hydrogens is 257 g/mol. The lowest BCUT2D eigenvalue weighted by Gasteiger charge is -2.08. The normalized spacial score (nSPS) is 12.7. The molecule has 7 heteroatoms. The van der Waals surface area contributed by atoms with E-state index in [1.165, 1.54) is 6.07 Å². The van der Waals surface area contributed by atoms with Crippen LogP contribution >= 0.6 is 0 Å². The van der Waals surface area contributed by atoms with E-state index in [0.717, 1.165) is 18.2 Å². The maximum absolute atomic E-state index is 12.4. The van der Waals surface area contributed by atoms with Gasteiger partial charge in [-0.3, -0.25) is 0 Å². The van der Waals surface area contributed by atoms with Gasteiger partial charge < -0.3 is 5.11 Å². The standard InChI is InChI=1S/C10H11F3O3S/c11-10(12,13)9-3-1-2-8(6-9)7-17(15,16)5-4-14/h1-3,6,14H,4-5,7H2. The number of benzene rings is 1. The number of hydrogen-bond donors (Lipinski definition) is 1. The molecule has 0 aliphatic carbocycles. The molecule has 0 atom stereocenters. The summed E-state index contributed by atoms with van der Waals surface area (Å²) in [6.45, 7) is -0.540. The third-order valence-electron chi connectivity index (χ3n) is 2.04. The zero-order valence-corrected chi connectivity index (χ0v) is 9.55. The molecule has 0 unspecified atom stereocenters. The maximum Gasteiger partial charge on any atom is 0.416 e. The van der Waals surface area contributed by atoms with Crippen molar-refractivity contribution in [1.29, 1.82) is 0 Å². The molecular formula is C10H11F3O3S. The SMILES string of the molecule is O=S(=O)(CCO)Cc1cccc(C(F)(F)F)c1. The minimum atomic E-state index is -4.49. The number of rotatable bonds is 4. The Morgan fingerprint density at radius 2 is 1.88 bits per heavy atom. The number of halogens is 3. The Hall–Kier alpha value is -1.08. The lowest BCUT2D eigenvalue weighted by atomic mass is 10.1. The van der Waals surface area contributed by atoms with Gasteiger partial charge in [-0.2, -0.15) is 13.2 Å². The summed E-state index contributed by atoms with van der Waals surface area (Å²) in [4.78, 5) is 0. The fourth-order valence-corrected chi connectivity index (χ4v) is 2.41. The quantitative estimate of drug-likeness (QED) is 0.902. The molecule has 0 saturated carbocycles. The highest BCUT2D eigenvalue weighted by atomic mass is 32.2. The van der Waals surface area contributed by atoms with Crippen molar-refractivity contribution < 1.29 is 26.7 Å². The number of alkyl halides is 3. The molecule has 0 aliphatic heterocycles. The van der Waals surface area contributed by atoms with Crippen LogP contribution in [0.15, 0.2) is 24.3 Å². The first kappa shape index (κ1) is 14.0. The summed E-state index contributed by atoms with van der Waals surface area (Å²) in [7, 11) is -3.56. The van der Waals surface area contributed by atoms with Gasteiger partial charge in [-0.15, -0.1) is 0 Å². The summed E-state index contributed by atoms with van der Waals surface area (Å²) in [5.74, 6) is -0.958. The molecule has 0 heterocycles. The van der Waals surface area contributed by atoms with Crippen LogP contribution in [0.5, 0.6) is 0 Å². The molecule has 0 fully saturated rings. The van der Waals surface area contributed by atoms with Crippen LogP contribution in [0, 0.1) is 0 Å². The average Bonchev–Trinajstić information content (AvgIpc) is 2.15. The fraction of sp³-hybridized carbons (Fsp3) is 0.400. The van der Waals surface area contributed by atoms with E-state index in [0.29, 0.717) is 0 Å². The van der Waals surface area contributed by atoms with Gasteiger partial charge >= 0.3 is 6.18 Å². The molecule has 1 aromatic carbocycles. The van der Waals surface area contributed by atoms with Crippen molar-refractivity contribution in [3.05, 3.63) is 35.4 Å². The van der Waals surface area contributed by atoms with E-state index in [-0.39, 0.29) is 5.56 Å². The van der Waals surface area contributed by atoms with Crippen molar-refractivity contribution in [1.82, 2.24) is 0 Å². The molecule has 96 valence electrons. The average molecular weight is 268 g/mol. The van der Waals surface area contributed by atoms with E-state index in [1.54, 1.807) is 0 Å². The lowest BCUT2D eigenvalue weighted by Crippen LogP contribution is -2.13. The van der Waals surface area contributed by atoms with Crippen LogP contribution < -0.4 is 0 Å². The van der Waals surface area contributed by atoms with E-state index < -0.39 is 39.7 Å². The maximum atomic E-state index is 12.4. The topological polar surface area (TPSA) is 54.4 Å². The first-order valence-electron chi connectivity index (χ1n) is 4.72. The predicted octanol–water partition coefficient (Wildman–Crippen LogP) is 1.61. The minimum absolute atomic E-state index is 0.0632. The molecule has 0 bridgehead atoms. The Balaban J connectivity index is 2.94. The fourth-order valence-electron chi connectivity index (χ4n) is 1.30. The number of aliphatic hydroxyl groups excluding tert-OH is 1. The van der Waals surface area contributed by atoms with Crippen molar-refractivity contribution in [2.45, 2.75) is 11.9 Å². The van der Waals surface area contributed by atoms with Crippen molar-refractivity contribution in [3.63, 3.8) is 0 Å². The third kappa shape index (κ3) is 4.35. The van der Waals surface area contributed by atoms with Gasteiger partial charge in [-0.1, -0.05) is 18.2 Å². The molecule has 17 heavy (non-hydrogen) atoms. The third-order valence-corrected chi connectivity index (χ3v) is 3.62. The molecule has 0 radical (unpaired) electrons. The molecule has 0 aromatic heterocycles. The zero-order chi connectivity index (χ0) is 13.1. The summed E-state index contributed by atoms with van der Waals surface area (Å²) in [5.41, 5.74) is -0.817. The van der Waals surface area contributed by atoms with Gasteiger partial charge in [-0.05, 0) is 11.6 Å². The Morgan fingerprint density at radius 3 is 2.41 bits per heavy atom. The number of sulfone groups is 1. The molecule has 3 nitrogen and oxygen atoms in total. The van der Waals surface area contributed by atoms with Crippen LogP contribution in [-0.4, -0.2) is 25.9 Å². The molecule has 1 rings (SSSR count). The molecule has 1 aromatic rings. The van der Waals surface area contributed by atoms with Gasteiger partial charge in [0.2, 0.25) is 0 Å². The summed E-state index contributed by atoms with van der Waals surface area (Å²) in [6.07, 6.45) is -4.49. The van der Waals surface area contributed by atoms with Crippen molar-refractivity contribution in [2.24, 2.45) is 0 Å². The van der Waals surface area contributed by atoms with Gasteiger partial charge in [0.1, 0.15) is 0 Å². The summed E-state index contributed by atoms with van der Waals surface area (Å²) in [6, 6.07) is 4.15. The van der Waals surface area contributed by atoms with Crippen molar-refractivity contribution in [3.8, 4) is 0 Å². The molecule has 1 N–H and O–H groups in total. The van der Waals surface area contributed by atoms with Crippen LogP contribution in [0.2, 0.25) is 0 Å². The van der Waals surface area contributed by atoms with Gasteiger partial charge in [0.15, 0.2) is 9.84 Å². The number of aliphatic hydroxyl groups is 1. The molecule has 0 saturated heterocycles. The monoisotopic (exact) mass is 268 g/mol. The van der Waals surface area contributed by atoms with Crippen LogP contribution in [0.3, 0.4) is 0 Å². The van der Waals surface area contributed by atoms with E-state index in [9.17, 15) is 21.6 Å². The minimum Gasteiger partial charge on any atom is -0.395 e. The summed E-state index contributed by atoms with van der Waals surface area (Å²) in [5, 5.41) is 8.50. The smallest absolute Gasteiger partial charge is 0.395 e. The zero-order valence-electron chi connectivity index (χ0n) is 8.74. The number of hydrogen-bond acceptors (Lipinski definition) is 3. The summed E-state index contributed by atoms with van der Waals surface area (Å²) >= 11 is 0. The van der Waals surface area contributed by atoms with Gasteiger partial charge in [-0.25, -0.2) is 8.42 Å². The Labute approximate surface area is 96.8 Å². The predicted molar refractivity (Wildman–Crippen MR) is 56.0 cm³/mol. The van der Waals surface area contributed by atoms with Crippen LogP contribution in [0.1, 0.15) is 11.1 Å². The largest absolute Gasteiger partial charge is 0.416 e. The van der Waals surface area contributed by atoms with Gasteiger partial charge in [0.05, 0.1) is 23.7 Å². The van der Waals surface area contributed by atoms with E-state index in [4.69, 9.17) is 5.11 Å². The second-order valence-electron chi connectivity index (χ2n) is 3.51. The Morgan fingerprint density at radius 1 is 1.24 bits per heavy atom. The Bertz CT molecular complexity index is 480. The van der Waals surface area contributed by atoms with Crippen molar-refractivity contribution >= 4 is 9.84 Å². The van der Waals surface area contributed by atoms with E-state index >= 15 is 0 Å². The van der Waals surface area contributed by atoms with Gasteiger partial charge in [0, 0.05) is 0 Å². The highest BCUT2D eigenvalue weighted by Gasteiger charge is 2.30. The van der Waals surface area contributed by atoms with E-state index in [1.807, 2.05) is 0 Å². The van der Waals surface area contributed by atoms with Crippen LogP contribution in [0.25, 0.3) is 0 Å². The second-order valence-corrected chi connectivity index (χ2v) is 5.70. The second kappa shape index (κ2) is 5.05. The van der Waals surface area contributed by atoms with Crippen molar-refractivity contribution in [2.75, 3.05) is 12.4 Å². The first-order valence-corrected chi connectivity index (χ1v) is 6.54. The van der Waals surface area contributed by atoms with Crippen LogP contribution in [-0.2, 0) is 21.8 Å². The Kier molecular flexibility index (Phi) is 4.16. The molecule has 0 aliphatic rings. The molecule has 0 amide bonds. The lowest BCUT2D eigenvalue weighted by molar-refractivity contribution is -0.137. The highest BCUT2D eigenvalue weighted by Crippen LogP contribution is 2.29. The van der Waals surface area contributed by atoms with Crippen LogP contribution in [0.4, 0.5) is 13.2 Å². The first-order chi connectivity index (χ1) is 7.74. The van der Waals surface area contributed by atoms with E-state index in [2.05, 4.69) is 0 Å². The molecule has 0 spiro atoms. The van der Waals surface area contributed by atoms with Gasteiger partial charge in [0.25, 0.3) is 0 Å². The highest BCUT2D eigenvalue weighted by molar-refractivity contribution is 7.90. The summed E-state index contributed by atoms with van der Waals surface area (Å²) < 4.78 is 59.7.